The van der Waals surface area contributed by atoms with Crippen LogP contribution in [-0.4, -0.2) is 41.4 Å². The van der Waals surface area contributed by atoms with Crippen LogP contribution in [0.25, 0.3) is 0 Å². The normalized spacial score (nSPS) is 21.2. The Morgan fingerprint density at radius 1 is 1.14 bits per heavy atom. The van der Waals surface area contributed by atoms with Crippen molar-refractivity contribution in [1.82, 2.24) is 9.80 Å². The number of amides is 1. The number of halogens is 1. The number of aryl methyl sites for hydroxylation is 1. The van der Waals surface area contributed by atoms with E-state index in [1.54, 1.807) is 12.1 Å². The first-order chi connectivity index (χ1) is 13.6. The molecule has 4 rings (SSSR count). The molecule has 0 unspecified atom stereocenters. The molecule has 1 aromatic carbocycles. The molecule has 0 aromatic heterocycles. The number of ether oxygens (including phenoxy) is 1. The molecular weight excluding hydrogens is 355 g/mol. The summed E-state index contributed by atoms with van der Waals surface area (Å²) >= 11 is 0. The van der Waals surface area contributed by atoms with Gasteiger partial charge in [-0.2, -0.15) is 0 Å². The van der Waals surface area contributed by atoms with Crippen LogP contribution in [0.1, 0.15) is 36.8 Å². The van der Waals surface area contributed by atoms with Gasteiger partial charge in [-0.05, 0) is 31.6 Å². The van der Waals surface area contributed by atoms with E-state index in [2.05, 4.69) is 23.1 Å². The molecule has 1 amide bonds. The molecule has 0 N–H and O–H groups in total. The predicted molar refractivity (Wildman–Crippen MR) is 107 cm³/mol. The van der Waals surface area contributed by atoms with Crippen LogP contribution in [-0.2, 0) is 16.1 Å². The van der Waals surface area contributed by atoms with Crippen LogP contribution in [0.4, 0.5) is 4.39 Å². The summed E-state index contributed by atoms with van der Waals surface area (Å²) in [6, 6.07) is 5.28. The van der Waals surface area contributed by atoms with Crippen molar-refractivity contribution in [1.29, 1.82) is 0 Å². The van der Waals surface area contributed by atoms with Gasteiger partial charge in [0, 0.05) is 51.0 Å². The Morgan fingerprint density at radius 3 is 2.68 bits per heavy atom. The Morgan fingerprint density at radius 2 is 1.89 bits per heavy atom. The molecule has 2 heterocycles. The molecule has 5 heteroatoms. The van der Waals surface area contributed by atoms with Crippen LogP contribution in [0.15, 0.2) is 54.0 Å². The molecule has 1 saturated heterocycles. The molecule has 1 spiro atoms. The predicted octanol–water partition coefficient (Wildman–Crippen LogP) is 4.08. The first-order valence-corrected chi connectivity index (χ1v) is 10.0. The molecule has 148 valence electrons. The standard InChI is InChI=1S/C23H27FN2O2/c1-18-7-8-20(24)19(15-18)16-26-14-11-23(9-12-25(17-27)13-10-23)28-22-6-4-2-3-5-21(22)26/h3-8,15,17H,2,9-14,16H2,1H3. The van der Waals surface area contributed by atoms with E-state index in [4.69, 9.17) is 4.74 Å². The molecule has 0 atom stereocenters. The van der Waals surface area contributed by atoms with Crippen molar-refractivity contribution in [3.05, 3.63) is 70.9 Å². The Labute approximate surface area is 166 Å². The maximum Gasteiger partial charge on any atom is 0.209 e. The van der Waals surface area contributed by atoms with Gasteiger partial charge in [0.1, 0.15) is 17.2 Å². The molecule has 1 aromatic rings. The molecule has 0 bridgehead atoms. The number of nitrogens with zero attached hydrogens (tertiary/aromatic N) is 2. The second-order valence-electron chi connectivity index (χ2n) is 7.98. The van der Waals surface area contributed by atoms with Crippen LogP contribution in [0.2, 0.25) is 0 Å². The number of likely N-dealkylation sites (tertiary alicyclic amines) is 1. The number of allylic oxidation sites excluding steroid dienone is 4. The number of carbonyl (C=O) groups excluding carboxylic acids is 1. The zero-order valence-corrected chi connectivity index (χ0v) is 16.4. The molecule has 0 saturated carbocycles. The van der Waals surface area contributed by atoms with E-state index in [9.17, 15) is 9.18 Å². The van der Waals surface area contributed by atoms with Gasteiger partial charge >= 0.3 is 0 Å². The lowest BCUT2D eigenvalue weighted by atomic mass is 9.88. The summed E-state index contributed by atoms with van der Waals surface area (Å²) in [6.07, 6.45) is 12.7. The fourth-order valence-electron chi connectivity index (χ4n) is 4.28. The van der Waals surface area contributed by atoms with E-state index in [-0.39, 0.29) is 11.4 Å². The van der Waals surface area contributed by atoms with Crippen molar-refractivity contribution < 1.29 is 13.9 Å². The van der Waals surface area contributed by atoms with Crippen LogP contribution in [0, 0.1) is 12.7 Å². The molecule has 28 heavy (non-hydrogen) atoms. The quantitative estimate of drug-likeness (QED) is 0.739. The summed E-state index contributed by atoms with van der Waals surface area (Å²) in [7, 11) is 0. The van der Waals surface area contributed by atoms with Gasteiger partial charge in [0.05, 0.1) is 5.70 Å². The summed E-state index contributed by atoms with van der Waals surface area (Å²) < 4.78 is 21.0. The van der Waals surface area contributed by atoms with Crippen LogP contribution >= 0.6 is 0 Å². The van der Waals surface area contributed by atoms with Gasteiger partial charge in [-0.25, -0.2) is 4.39 Å². The number of hydrogen-bond donors (Lipinski definition) is 0. The molecule has 3 aliphatic rings. The van der Waals surface area contributed by atoms with Crippen LogP contribution in [0.5, 0.6) is 0 Å². The highest BCUT2D eigenvalue weighted by atomic mass is 19.1. The summed E-state index contributed by atoms with van der Waals surface area (Å²) in [4.78, 5) is 15.2. The van der Waals surface area contributed by atoms with Gasteiger partial charge in [0.15, 0.2) is 0 Å². The second-order valence-corrected chi connectivity index (χ2v) is 7.98. The third-order valence-electron chi connectivity index (χ3n) is 5.99. The van der Waals surface area contributed by atoms with E-state index in [0.717, 1.165) is 68.7 Å². The van der Waals surface area contributed by atoms with E-state index in [1.165, 1.54) is 0 Å². The summed E-state index contributed by atoms with van der Waals surface area (Å²) in [5.74, 6) is 0.693. The Hall–Kier alpha value is -2.56. The monoisotopic (exact) mass is 382 g/mol. The molecular formula is C23H27FN2O2. The summed E-state index contributed by atoms with van der Waals surface area (Å²) in [6.45, 7) is 4.75. The van der Waals surface area contributed by atoms with Gasteiger partial charge in [-0.3, -0.25) is 4.79 Å². The number of rotatable bonds is 3. The maximum atomic E-state index is 14.4. The minimum Gasteiger partial charge on any atom is -0.485 e. The van der Waals surface area contributed by atoms with E-state index in [1.807, 2.05) is 24.0 Å². The van der Waals surface area contributed by atoms with E-state index < -0.39 is 0 Å². The first-order valence-electron chi connectivity index (χ1n) is 10.0. The Kier molecular flexibility index (Phi) is 5.25. The third-order valence-corrected chi connectivity index (χ3v) is 5.99. The Balaban J connectivity index is 1.64. The lowest BCUT2D eigenvalue weighted by molar-refractivity contribution is -0.123. The lowest BCUT2D eigenvalue weighted by Gasteiger charge is -2.40. The molecule has 1 aliphatic carbocycles. The van der Waals surface area contributed by atoms with Gasteiger partial charge in [-0.1, -0.05) is 29.8 Å². The van der Waals surface area contributed by atoms with Gasteiger partial charge in [0.25, 0.3) is 0 Å². The van der Waals surface area contributed by atoms with Crippen molar-refractivity contribution in [3.8, 4) is 0 Å². The van der Waals surface area contributed by atoms with Crippen molar-refractivity contribution in [2.45, 2.75) is 44.8 Å². The zero-order valence-electron chi connectivity index (χ0n) is 16.4. The van der Waals surface area contributed by atoms with Crippen molar-refractivity contribution >= 4 is 6.41 Å². The number of carbonyl (C=O) groups is 1. The smallest absolute Gasteiger partial charge is 0.209 e. The Bertz CT molecular complexity index is 835. The van der Waals surface area contributed by atoms with E-state index >= 15 is 0 Å². The van der Waals surface area contributed by atoms with Crippen LogP contribution in [0.3, 0.4) is 0 Å². The van der Waals surface area contributed by atoms with Crippen molar-refractivity contribution in [2.24, 2.45) is 0 Å². The highest BCUT2D eigenvalue weighted by Gasteiger charge is 2.39. The average Bonchev–Trinajstić information content (AvgIpc) is 3.00. The molecule has 4 nitrogen and oxygen atoms in total. The zero-order chi connectivity index (χ0) is 19.6. The molecule has 0 radical (unpaired) electrons. The summed E-state index contributed by atoms with van der Waals surface area (Å²) in [5.41, 5.74) is 2.53. The highest BCUT2D eigenvalue weighted by molar-refractivity contribution is 5.47. The summed E-state index contributed by atoms with van der Waals surface area (Å²) in [5, 5.41) is 0. The maximum absolute atomic E-state index is 14.4. The number of hydrogen-bond acceptors (Lipinski definition) is 3. The average molecular weight is 382 g/mol. The fraction of sp³-hybridized carbons (Fsp3) is 0.435. The fourth-order valence-corrected chi connectivity index (χ4v) is 4.28. The molecule has 2 aliphatic heterocycles. The van der Waals surface area contributed by atoms with Gasteiger partial charge in [0.2, 0.25) is 6.41 Å². The lowest BCUT2D eigenvalue weighted by Crippen LogP contribution is -2.46. The van der Waals surface area contributed by atoms with Gasteiger partial charge in [-0.15, -0.1) is 0 Å². The number of piperidine rings is 1. The van der Waals surface area contributed by atoms with Crippen LogP contribution < -0.4 is 0 Å². The topological polar surface area (TPSA) is 32.8 Å². The highest BCUT2D eigenvalue weighted by Crippen LogP contribution is 2.38. The van der Waals surface area contributed by atoms with Gasteiger partial charge < -0.3 is 14.5 Å². The minimum atomic E-state index is -0.261. The van der Waals surface area contributed by atoms with Crippen molar-refractivity contribution in [3.63, 3.8) is 0 Å². The third kappa shape index (κ3) is 3.84. The first kappa shape index (κ1) is 18.8. The molecule has 1 fully saturated rings. The van der Waals surface area contributed by atoms with Crippen molar-refractivity contribution in [2.75, 3.05) is 19.6 Å². The minimum absolute atomic E-state index is 0.167. The van der Waals surface area contributed by atoms with E-state index in [0.29, 0.717) is 12.1 Å². The number of benzene rings is 1. The second kappa shape index (κ2) is 7.82. The SMILES string of the molecule is Cc1ccc(F)c(CN2CCC3(CCN(C=O)CC3)OC3=C2C=CCC=C3)c1. The largest absolute Gasteiger partial charge is 0.485 e.